The minimum absolute atomic E-state index is 0.387. The van der Waals surface area contributed by atoms with Gasteiger partial charge >= 0.3 is 6.03 Å². The number of amides is 2. The van der Waals surface area contributed by atoms with Crippen molar-refractivity contribution in [3.8, 4) is 0 Å². The largest absolute Gasteiger partial charge is 0.348 e. The van der Waals surface area contributed by atoms with Gasteiger partial charge in [-0.15, -0.1) is 0 Å². The number of fused-ring (bicyclic) bond motifs is 1. The average Bonchev–Trinajstić information content (AvgIpc) is 3.14. The van der Waals surface area contributed by atoms with Crippen LogP contribution in [0.2, 0.25) is 0 Å². The molecule has 2 heterocycles. The quantitative estimate of drug-likeness (QED) is 0.705. The molecule has 0 aliphatic carbocycles. The molecule has 0 unspecified atom stereocenters. The Morgan fingerprint density at radius 3 is 2.48 bits per heavy atom. The van der Waals surface area contributed by atoms with Crippen molar-refractivity contribution in [1.82, 2.24) is 9.47 Å². The van der Waals surface area contributed by atoms with Gasteiger partial charge in [0.25, 0.3) is 0 Å². The molecule has 0 radical (unpaired) electrons. The fourth-order valence-electron chi connectivity index (χ4n) is 3.36. The Labute approximate surface area is 153 Å². The summed E-state index contributed by atoms with van der Waals surface area (Å²) < 4.78 is 42.2. The van der Waals surface area contributed by atoms with Gasteiger partial charge in [0.1, 0.15) is 5.82 Å². The van der Waals surface area contributed by atoms with Crippen molar-refractivity contribution in [1.29, 1.82) is 0 Å². The van der Waals surface area contributed by atoms with E-state index >= 15 is 0 Å². The molecule has 0 saturated carbocycles. The van der Waals surface area contributed by atoms with Crippen LogP contribution in [0, 0.1) is 17.5 Å². The van der Waals surface area contributed by atoms with E-state index in [2.05, 4.69) is 5.32 Å². The molecular formula is C20H16F3N3O. The van der Waals surface area contributed by atoms with Gasteiger partial charge in [-0.2, -0.15) is 0 Å². The molecule has 7 heteroatoms. The zero-order chi connectivity index (χ0) is 19.0. The van der Waals surface area contributed by atoms with Gasteiger partial charge in [0.05, 0.1) is 6.04 Å². The van der Waals surface area contributed by atoms with Crippen molar-refractivity contribution in [3.05, 3.63) is 89.5 Å². The van der Waals surface area contributed by atoms with Gasteiger partial charge in [0.2, 0.25) is 0 Å². The molecule has 1 N–H and O–H groups in total. The molecule has 1 aromatic heterocycles. The molecule has 0 bridgehead atoms. The molecule has 1 aliphatic heterocycles. The summed E-state index contributed by atoms with van der Waals surface area (Å²) in [6.45, 7) is 0.970. The van der Waals surface area contributed by atoms with E-state index in [1.54, 1.807) is 4.90 Å². The van der Waals surface area contributed by atoms with E-state index in [9.17, 15) is 18.0 Å². The van der Waals surface area contributed by atoms with Gasteiger partial charge in [-0.1, -0.05) is 6.07 Å². The molecule has 1 aliphatic rings. The Hall–Kier alpha value is -3.22. The van der Waals surface area contributed by atoms with Crippen molar-refractivity contribution in [2.45, 2.75) is 12.6 Å². The van der Waals surface area contributed by atoms with E-state index in [1.165, 1.54) is 30.3 Å². The third-order valence-corrected chi connectivity index (χ3v) is 4.65. The van der Waals surface area contributed by atoms with Crippen LogP contribution in [-0.4, -0.2) is 22.0 Å². The van der Waals surface area contributed by atoms with Crippen molar-refractivity contribution in [2.24, 2.45) is 0 Å². The number of halogens is 3. The molecule has 4 nitrogen and oxygen atoms in total. The standard InChI is InChI=1S/C20H16F3N3O/c21-14-4-6-15(7-5-14)24-20(27)26-11-10-25-9-1-2-18(25)19(26)13-3-8-16(22)17(23)12-13/h1-9,12,19H,10-11H2,(H,24,27)/t19-/m0/s1. The first-order valence-corrected chi connectivity index (χ1v) is 8.46. The third-order valence-electron chi connectivity index (χ3n) is 4.65. The summed E-state index contributed by atoms with van der Waals surface area (Å²) in [5, 5.41) is 2.73. The number of rotatable bonds is 2. The van der Waals surface area contributed by atoms with Crippen LogP contribution in [0.15, 0.2) is 60.8 Å². The lowest BCUT2D eigenvalue weighted by molar-refractivity contribution is 0.181. The van der Waals surface area contributed by atoms with Gasteiger partial charge in [-0.05, 0) is 54.1 Å². The second-order valence-corrected chi connectivity index (χ2v) is 6.33. The zero-order valence-corrected chi connectivity index (χ0v) is 14.2. The van der Waals surface area contributed by atoms with Gasteiger partial charge in [0, 0.05) is 30.7 Å². The molecule has 27 heavy (non-hydrogen) atoms. The summed E-state index contributed by atoms with van der Waals surface area (Å²) >= 11 is 0. The number of hydrogen-bond acceptors (Lipinski definition) is 1. The molecule has 0 saturated heterocycles. The van der Waals surface area contributed by atoms with Crippen LogP contribution in [0.5, 0.6) is 0 Å². The molecule has 0 spiro atoms. The van der Waals surface area contributed by atoms with E-state index < -0.39 is 29.5 Å². The SMILES string of the molecule is O=C(Nc1ccc(F)cc1)N1CCn2cccc2[C@@H]1c1ccc(F)c(F)c1. The highest BCUT2D eigenvalue weighted by molar-refractivity contribution is 5.90. The summed E-state index contributed by atoms with van der Waals surface area (Å²) in [5.41, 5.74) is 1.73. The number of nitrogens with one attached hydrogen (secondary N) is 1. The topological polar surface area (TPSA) is 37.3 Å². The lowest BCUT2D eigenvalue weighted by Crippen LogP contribution is -2.44. The highest BCUT2D eigenvalue weighted by Crippen LogP contribution is 2.33. The molecule has 2 amide bonds. The zero-order valence-electron chi connectivity index (χ0n) is 14.2. The van der Waals surface area contributed by atoms with E-state index in [0.717, 1.165) is 17.8 Å². The summed E-state index contributed by atoms with van der Waals surface area (Å²) in [6.07, 6.45) is 1.89. The first kappa shape index (κ1) is 17.2. The second kappa shape index (κ2) is 6.83. The number of carbonyl (C=O) groups excluding carboxylic acids is 1. The first-order chi connectivity index (χ1) is 13.0. The Morgan fingerprint density at radius 2 is 1.74 bits per heavy atom. The normalized spacial score (nSPS) is 16.1. The van der Waals surface area contributed by atoms with Gasteiger partial charge in [-0.3, -0.25) is 0 Å². The maximum atomic E-state index is 13.8. The number of hydrogen-bond donors (Lipinski definition) is 1. The van der Waals surface area contributed by atoms with E-state index in [4.69, 9.17) is 0 Å². The van der Waals surface area contributed by atoms with Crippen molar-refractivity contribution < 1.29 is 18.0 Å². The lowest BCUT2D eigenvalue weighted by atomic mass is 10.00. The van der Waals surface area contributed by atoms with Gasteiger partial charge in [0.15, 0.2) is 11.6 Å². The number of nitrogens with zero attached hydrogens (tertiary/aromatic N) is 2. The van der Waals surface area contributed by atoms with Crippen LogP contribution in [0.1, 0.15) is 17.3 Å². The van der Waals surface area contributed by atoms with Crippen LogP contribution >= 0.6 is 0 Å². The molecule has 1 atom stereocenters. The predicted octanol–water partition coefficient (Wildman–Crippen LogP) is 4.54. The van der Waals surface area contributed by atoms with E-state index in [0.29, 0.717) is 24.3 Å². The van der Waals surface area contributed by atoms with Crippen LogP contribution in [0.3, 0.4) is 0 Å². The Balaban J connectivity index is 1.68. The monoisotopic (exact) mass is 371 g/mol. The second-order valence-electron chi connectivity index (χ2n) is 6.33. The fraction of sp³-hybridized carbons (Fsp3) is 0.150. The minimum Gasteiger partial charge on any atom is -0.348 e. The number of benzene rings is 2. The molecule has 3 aromatic rings. The van der Waals surface area contributed by atoms with Crippen molar-refractivity contribution in [3.63, 3.8) is 0 Å². The van der Waals surface area contributed by atoms with Crippen LogP contribution < -0.4 is 5.32 Å². The average molecular weight is 371 g/mol. The Bertz CT molecular complexity index is 984. The summed E-state index contributed by atoms with van der Waals surface area (Å²) in [7, 11) is 0. The smallest absolute Gasteiger partial charge is 0.322 e. The molecular weight excluding hydrogens is 355 g/mol. The number of carbonyl (C=O) groups is 1. The molecule has 138 valence electrons. The van der Waals surface area contributed by atoms with Crippen LogP contribution in [0.25, 0.3) is 0 Å². The minimum atomic E-state index is -0.963. The highest BCUT2D eigenvalue weighted by Gasteiger charge is 2.32. The van der Waals surface area contributed by atoms with E-state index in [1.807, 2.05) is 22.9 Å². The lowest BCUT2D eigenvalue weighted by Gasteiger charge is -2.37. The van der Waals surface area contributed by atoms with Crippen LogP contribution in [0.4, 0.5) is 23.7 Å². The van der Waals surface area contributed by atoms with Crippen molar-refractivity contribution >= 4 is 11.7 Å². The number of aromatic nitrogens is 1. The Morgan fingerprint density at radius 1 is 0.963 bits per heavy atom. The first-order valence-electron chi connectivity index (χ1n) is 8.46. The number of urea groups is 1. The summed E-state index contributed by atoms with van der Waals surface area (Å²) in [6, 6.07) is 11.8. The highest BCUT2D eigenvalue weighted by atomic mass is 19.2. The molecule has 2 aromatic carbocycles. The number of anilines is 1. The van der Waals surface area contributed by atoms with Gasteiger partial charge in [-0.25, -0.2) is 18.0 Å². The summed E-state index contributed by atoms with van der Waals surface area (Å²) in [4.78, 5) is 14.4. The Kier molecular flexibility index (Phi) is 4.35. The maximum Gasteiger partial charge on any atom is 0.322 e. The van der Waals surface area contributed by atoms with E-state index in [-0.39, 0.29) is 0 Å². The summed E-state index contributed by atoms with van der Waals surface area (Å²) in [5.74, 6) is -2.30. The molecule has 0 fully saturated rings. The third kappa shape index (κ3) is 3.28. The maximum absolute atomic E-state index is 13.8. The van der Waals surface area contributed by atoms with Crippen LogP contribution in [-0.2, 0) is 6.54 Å². The predicted molar refractivity (Wildman–Crippen MR) is 94.8 cm³/mol. The fourth-order valence-corrected chi connectivity index (χ4v) is 3.36. The molecule has 4 rings (SSSR count). The van der Waals surface area contributed by atoms with Gasteiger partial charge < -0.3 is 14.8 Å². The van der Waals surface area contributed by atoms with Crippen molar-refractivity contribution in [2.75, 3.05) is 11.9 Å².